The van der Waals surface area contributed by atoms with Crippen LogP contribution in [0.2, 0.25) is 0 Å². The smallest absolute Gasteiger partial charge is 0.243 e. The summed E-state index contributed by atoms with van der Waals surface area (Å²) in [5.41, 5.74) is 2.80. The Bertz CT molecular complexity index is 960. The van der Waals surface area contributed by atoms with Crippen LogP contribution in [0.25, 0.3) is 0 Å². The van der Waals surface area contributed by atoms with Gasteiger partial charge in [0.25, 0.3) is 0 Å². The lowest BCUT2D eigenvalue weighted by Gasteiger charge is -2.37. The molecule has 1 amide bonds. The molecule has 0 unspecified atom stereocenters. The van der Waals surface area contributed by atoms with Crippen molar-refractivity contribution >= 4 is 15.9 Å². The molecule has 1 fully saturated rings. The van der Waals surface area contributed by atoms with Gasteiger partial charge in [0, 0.05) is 25.0 Å². The molecule has 0 aromatic heterocycles. The lowest BCUT2D eigenvalue weighted by molar-refractivity contribution is -0.132. The first-order valence-electron chi connectivity index (χ1n) is 10.2. The van der Waals surface area contributed by atoms with Crippen LogP contribution in [0.4, 0.5) is 0 Å². The fourth-order valence-corrected chi connectivity index (χ4v) is 5.13. The fourth-order valence-electron chi connectivity index (χ4n) is 3.69. The number of piperidine rings is 1. The van der Waals surface area contributed by atoms with Gasteiger partial charge < -0.3 is 5.32 Å². The van der Waals surface area contributed by atoms with Crippen molar-refractivity contribution in [3.8, 4) is 0 Å². The van der Waals surface area contributed by atoms with Crippen molar-refractivity contribution in [1.82, 2.24) is 9.62 Å². The van der Waals surface area contributed by atoms with Crippen molar-refractivity contribution in [3.05, 3.63) is 65.2 Å². The number of sulfonamides is 1. The molecule has 2 aromatic carbocycles. The molecule has 0 bridgehead atoms. The Morgan fingerprint density at radius 3 is 2.28 bits per heavy atom. The largest absolute Gasteiger partial charge is 0.352 e. The van der Waals surface area contributed by atoms with Crippen molar-refractivity contribution < 1.29 is 13.2 Å². The van der Waals surface area contributed by atoms with E-state index in [-0.39, 0.29) is 5.91 Å². The van der Waals surface area contributed by atoms with Gasteiger partial charge in [-0.05, 0) is 55.0 Å². The van der Waals surface area contributed by atoms with Gasteiger partial charge in [0.1, 0.15) is 0 Å². The molecule has 1 heterocycles. The molecule has 0 spiro atoms. The van der Waals surface area contributed by atoms with Crippen LogP contribution in [-0.4, -0.2) is 31.7 Å². The number of benzene rings is 2. The van der Waals surface area contributed by atoms with Gasteiger partial charge in [0.15, 0.2) is 0 Å². The highest BCUT2D eigenvalue weighted by molar-refractivity contribution is 7.89. The Morgan fingerprint density at radius 1 is 1.07 bits per heavy atom. The minimum atomic E-state index is -3.52. The van der Waals surface area contributed by atoms with Crippen LogP contribution in [0.1, 0.15) is 43.4 Å². The molecule has 1 saturated heterocycles. The Kier molecular flexibility index (Phi) is 6.44. The normalized spacial score (nSPS) is 17.1. The predicted octanol–water partition coefficient (Wildman–Crippen LogP) is 3.66. The second kappa shape index (κ2) is 8.67. The van der Waals surface area contributed by atoms with Crippen LogP contribution >= 0.6 is 0 Å². The molecule has 1 aliphatic heterocycles. The van der Waals surface area contributed by atoms with Gasteiger partial charge in [0.05, 0.1) is 4.90 Å². The van der Waals surface area contributed by atoms with Gasteiger partial charge in [-0.3, -0.25) is 4.79 Å². The van der Waals surface area contributed by atoms with Gasteiger partial charge in [-0.25, -0.2) is 8.42 Å². The zero-order valence-electron chi connectivity index (χ0n) is 17.4. The number of rotatable bonds is 6. The molecular weight excluding hydrogens is 384 g/mol. The SMILES string of the molecule is CCc1ccc(S(=O)(=O)N2CCC(C)(C(=O)NCc3ccccc3C)CC2)cc1. The van der Waals surface area contributed by atoms with Gasteiger partial charge >= 0.3 is 0 Å². The topological polar surface area (TPSA) is 66.5 Å². The van der Waals surface area contributed by atoms with Gasteiger partial charge in [0.2, 0.25) is 15.9 Å². The number of hydrogen-bond acceptors (Lipinski definition) is 3. The molecule has 156 valence electrons. The molecule has 6 heteroatoms. The minimum Gasteiger partial charge on any atom is -0.352 e. The highest BCUT2D eigenvalue weighted by Crippen LogP contribution is 2.33. The van der Waals surface area contributed by atoms with Crippen molar-refractivity contribution in [2.24, 2.45) is 5.41 Å². The first-order chi connectivity index (χ1) is 13.8. The summed E-state index contributed by atoms with van der Waals surface area (Å²) in [4.78, 5) is 13.1. The van der Waals surface area contributed by atoms with Crippen molar-refractivity contribution in [2.45, 2.75) is 51.5 Å². The van der Waals surface area contributed by atoms with Crippen LogP contribution in [0.3, 0.4) is 0 Å². The van der Waals surface area contributed by atoms with E-state index in [4.69, 9.17) is 0 Å². The van der Waals surface area contributed by atoms with E-state index in [0.717, 1.165) is 23.1 Å². The molecule has 0 saturated carbocycles. The summed E-state index contributed by atoms with van der Waals surface area (Å²) in [6.45, 7) is 7.20. The first-order valence-corrected chi connectivity index (χ1v) is 11.6. The number of amides is 1. The third-order valence-corrected chi connectivity index (χ3v) is 7.96. The summed E-state index contributed by atoms with van der Waals surface area (Å²) >= 11 is 0. The summed E-state index contributed by atoms with van der Waals surface area (Å²) in [6, 6.07) is 15.1. The van der Waals surface area contributed by atoms with Crippen molar-refractivity contribution in [3.63, 3.8) is 0 Å². The second-order valence-electron chi connectivity index (χ2n) is 8.07. The average molecular weight is 415 g/mol. The van der Waals surface area contributed by atoms with E-state index in [1.54, 1.807) is 12.1 Å². The summed E-state index contributed by atoms with van der Waals surface area (Å²) < 4.78 is 27.4. The monoisotopic (exact) mass is 414 g/mol. The molecule has 0 aliphatic carbocycles. The number of nitrogens with one attached hydrogen (secondary N) is 1. The third kappa shape index (κ3) is 4.70. The van der Waals surface area contributed by atoms with Gasteiger partial charge in [-0.1, -0.05) is 50.2 Å². The Balaban J connectivity index is 1.62. The van der Waals surface area contributed by atoms with E-state index in [0.29, 0.717) is 37.4 Å². The quantitative estimate of drug-likeness (QED) is 0.784. The summed E-state index contributed by atoms with van der Waals surface area (Å²) in [5, 5.41) is 3.04. The summed E-state index contributed by atoms with van der Waals surface area (Å²) in [5.74, 6) is -0.00917. The molecular formula is C23H30N2O3S. The third-order valence-electron chi connectivity index (χ3n) is 6.04. The van der Waals surface area contributed by atoms with E-state index in [2.05, 4.69) is 5.32 Å². The standard InChI is InChI=1S/C23H30N2O3S/c1-4-19-9-11-21(12-10-19)29(27,28)25-15-13-23(3,14-16-25)22(26)24-17-20-8-6-5-7-18(20)2/h5-12H,4,13-17H2,1-3H3,(H,24,26). The predicted molar refractivity (Wildman–Crippen MR) is 115 cm³/mol. The zero-order chi connectivity index (χ0) is 21.1. The Hall–Kier alpha value is -2.18. The minimum absolute atomic E-state index is 0.00917. The van der Waals surface area contributed by atoms with Crippen molar-refractivity contribution in [1.29, 1.82) is 0 Å². The van der Waals surface area contributed by atoms with Gasteiger partial charge in [-0.15, -0.1) is 0 Å². The van der Waals surface area contributed by atoms with Crippen LogP contribution < -0.4 is 5.32 Å². The molecule has 1 aliphatic rings. The maximum absolute atomic E-state index is 12.9. The highest BCUT2D eigenvalue weighted by Gasteiger charge is 2.40. The molecule has 2 aromatic rings. The van der Waals surface area contributed by atoms with E-state index in [1.165, 1.54) is 4.31 Å². The van der Waals surface area contributed by atoms with E-state index < -0.39 is 15.4 Å². The van der Waals surface area contributed by atoms with Crippen LogP contribution in [0.15, 0.2) is 53.4 Å². The van der Waals surface area contributed by atoms with Crippen LogP contribution in [-0.2, 0) is 27.8 Å². The number of nitrogens with zero attached hydrogens (tertiary/aromatic N) is 1. The zero-order valence-corrected chi connectivity index (χ0v) is 18.3. The lowest BCUT2D eigenvalue weighted by Crippen LogP contribution is -2.48. The molecule has 3 rings (SSSR count). The van der Waals surface area contributed by atoms with E-state index >= 15 is 0 Å². The number of aryl methyl sites for hydroxylation is 2. The highest BCUT2D eigenvalue weighted by atomic mass is 32.2. The van der Waals surface area contributed by atoms with Gasteiger partial charge in [-0.2, -0.15) is 4.31 Å². The first kappa shape index (κ1) is 21.5. The van der Waals surface area contributed by atoms with Crippen LogP contribution in [0.5, 0.6) is 0 Å². The van der Waals surface area contributed by atoms with Crippen LogP contribution in [0, 0.1) is 12.3 Å². The Labute approximate surface area is 174 Å². The fraction of sp³-hybridized carbons (Fsp3) is 0.435. The molecule has 29 heavy (non-hydrogen) atoms. The average Bonchev–Trinajstić information content (AvgIpc) is 2.73. The summed E-state index contributed by atoms with van der Waals surface area (Å²) in [7, 11) is -3.52. The summed E-state index contributed by atoms with van der Waals surface area (Å²) in [6.07, 6.45) is 1.90. The maximum atomic E-state index is 12.9. The lowest BCUT2D eigenvalue weighted by atomic mass is 9.80. The molecule has 5 nitrogen and oxygen atoms in total. The number of carbonyl (C=O) groups excluding carboxylic acids is 1. The van der Waals surface area contributed by atoms with E-state index in [9.17, 15) is 13.2 Å². The van der Waals surface area contributed by atoms with E-state index in [1.807, 2.05) is 57.2 Å². The number of hydrogen-bond donors (Lipinski definition) is 1. The van der Waals surface area contributed by atoms with Crippen molar-refractivity contribution in [2.75, 3.05) is 13.1 Å². The Morgan fingerprint density at radius 2 is 1.69 bits per heavy atom. The molecule has 1 N–H and O–H groups in total. The molecule has 0 atom stereocenters. The second-order valence-corrected chi connectivity index (χ2v) is 10.0. The number of carbonyl (C=O) groups is 1. The molecule has 0 radical (unpaired) electrons. The maximum Gasteiger partial charge on any atom is 0.243 e.